The van der Waals surface area contributed by atoms with Crippen LogP contribution in [0.3, 0.4) is 0 Å². The Hall–Kier alpha value is -0.770. The van der Waals surface area contributed by atoms with Gasteiger partial charge in [-0.3, -0.25) is 0 Å². The molecule has 8 heteroatoms. The first kappa shape index (κ1) is 12.3. The Morgan fingerprint density at radius 3 is 2.47 bits per heavy atom. The molecule has 15 heavy (non-hydrogen) atoms. The van der Waals surface area contributed by atoms with Crippen LogP contribution in [0, 0.1) is 3.57 Å². The molecule has 0 amide bonds. The van der Waals surface area contributed by atoms with E-state index in [1.54, 1.807) is 22.6 Å². The van der Waals surface area contributed by atoms with E-state index in [1.807, 2.05) is 0 Å². The molecule has 0 atom stereocenters. The minimum Gasteiger partial charge on any atom is -0.401 e. The summed E-state index contributed by atoms with van der Waals surface area (Å²) in [5, 5.41) is 0. The van der Waals surface area contributed by atoms with Crippen LogP contribution in [-0.2, 0) is 6.54 Å². The Kier molecular flexibility index (Phi) is 3.60. The molecular weight excluding hydrogens is 326 g/mol. The average Bonchev–Trinajstić information content (AvgIpc) is 2.09. The highest BCUT2D eigenvalue weighted by Crippen LogP contribution is 2.32. The van der Waals surface area contributed by atoms with Crippen LogP contribution in [0.2, 0.25) is 0 Å². The number of nitrogens with zero attached hydrogens (tertiary/aromatic N) is 1. The molecule has 0 saturated heterocycles. The number of ether oxygens (including phenoxy) is 1. The molecule has 1 aromatic heterocycles. The van der Waals surface area contributed by atoms with Gasteiger partial charge in [0.05, 0.1) is 9.26 Å². The maximum absolute atomic E-state index is 12.0. The number of hydrogen-bond donors (Lipinski definition) is 2. The van der Waals surface area contributed by atoms with E-state index in [0.717, 1.165) is 0 Å². The zero-order valence-corrected chi connectivity index (χ0v) is 9.46. The number of halogens is 4. The fraction of sp³-hybridized carbons (Fsp3) is 0.286. The van der Waals surface area contributed by atoms with Crippen LogP contribution in [0.1, 0.15) is 5.69 Å². The van der Waals surface area contributed by atoms with Gasteiger partial charge in [0.2, 0.25) is 0 Å². The van der Waals surface area contributed by atoms with Gasteiger partial charge in [0.25, 0.3) is 0 Å². The van der Waals surface area contributed by atoms with E-state index in [-0.39, 0.29) is 15.9 Å². The fourth-order valence-electron chi connectivity index (χ4n) is 0.893. The summed E-state index contributed by atoms with van der Waals surface area (Å²) in [5.74, 6) is -0.806. The summed E-state index contributed by atoms with van der Waals surface area (Å²) >= 11 is 1.67. The van der Waals surface area contributed by atoms with Gasteiger partial charge in [0.1, 0.15) is 0 Å². The number of rotatable bonds is 2. The predicted molar refractivity (Wildman–Crippen MR) is 55.9 cm³/mol. The van der Waals surface area contributed by atoms with E-state index in [4.69, 9.17) is 11.5 Å². The summed E-state index contributed by atoms with van der Waals surface area (Å²) in [6, 6.07) is 1.39. The predicted octanol–water partition coefficient (Wildman–Crippen LogP) is 1.63. The molecule has 84 valence electrons. The van der Waals surface area contributed by atoms with Crippen LogP contribution >= 0.6 is 22.6 Å². The first-order chi connectivity index (χ1) is 6.83. The summed E-state index contributed by atoms with van der Waals surface area (Å²) in [7, 11) is 0. The van der Waals surface area contributed by atoms with Gasteiger partial charge >= 0.3 is 6.36 Å². The number of hydrogen-bond acceptors (Lipinski definition) is 4. The van der Waals surface area contributed by atoms with Crippen molar-refractivity contribution in [1.82, 2.24) is 4.98 Å². The van der Waals surface area contributed by atoms with Gasteiger partial charge in [0, 0.05) is 6.54 Å². The largest absolute Gasteiger partial charge is 0.573 e. The summed E-state index contributed by atoms with van der Waals surface area (Å²) in [4.78, 5) is 3.66. The second kappa shape index (κ2) is 4.39. The molecule has 4 nitrogen and oxygen atoms in total. The van der Waals surface area contributed by atoms with Crippen molar-refractivity contribution in [2.45, 2.75) is 12.9 Å². The summed E-state index contributed by atoms with van der Waals surface area (Å²) in [6.45, 7) is 0.104. The number of nitrogen functional groups attached to an aromatic ring is 1. The normalized spacial score (nSPS) is 11.5. The average molecular weight is 333 g/mol. The van der Waals surface area contributed by atoms with Gasteiger partial charge in [0.15, 0.2) is 11.6 Å². The third-order valence-electron chi connectivity index (χ3n) is 1.43. The molecule has 4 N–H and O–H groups in total. The highest BCUT2D eigenvalue weighted by Gasteiger charge is 2.33. The number of aromatic nitrogens is 1. The van der Waals surface area contributed by atoms with Gasteiger partial charge in [-0.05, 0) is 28.7 Å². The Morgan fingerprint density at radius 2 is 2.07 bits per heavy atom. The van der Waals surface area contributed by atoms with Gasteiger partial charge in [-0.2, -0.15) is 0 Å². The van der Waals surface area contributed by atoms with Crippen LogP contribution in [0.5, 0.6) is 5.75 Å². The van der Waals surface area contributed by atoms with Gasteiger partial charge < -0.3 is 16.2 Å². The second-order valence-corrected chi connectivity index (χ2v) is 3.72. The molecule has 0 unspecified atom stereocenters. The molecule has 0 aliphatic heterocycles. The van der Waals surface area contributed by atoms with Crippen molar-refractivity contribution < 1.29 is 17.9 Å². The zero-order valence-electron chi connectivity index (χ0n) is 7.31. The molecule has 0 fully saturated rings. The van der Waals surface area contributed by atoms with Crippen LogP contribution in [-0.4, -0.2) is 11.3 Å². The Bertz CT molecular complexity index is 346. The molecule has 0 aliphatic rings. The van der Waals surface area contributed by atoms with E-state index >= 15 is 0 Å². The highest BCUT2D eigenvalue weighted by atomic mass is 127. The van der Waals surface area contributed by atoms with Crippen LogP contribution in [0.25, 0.3) is 0 Å². The monoisotopic (exact) mass is 333 g/mol. The maximum atomic E-state index is 12.0. The Balaban J connectivity index is 3.09. The van der Waals surface area contributed by atoms with Crippen molar-refractivity contribution in [2.75, 3.05) is 5.73 Å². The van der Waals surface area contributed by atoms with Crippen LogP contribution in [0.15, 0.2) is 6.07 Å². The Labute approximate surface area is 96.9 Å². The first-order valence-corrected chi connectivity index (χ1v) is 4.82. The number of alkyl halides is 3. The lowest BCUT2D eigenvalue weighted by molar-refractivity contribution is -0.274. The minimum atomic E-state index is -4.78. The van der Waals surface area contributed by atoms with Crippen molar-refractivity contribution >= 4 is 28.4 Å². The van der Waals surface area contributed by atoms with E-state index < -0.39 is 12.1 Å². The quantitative estimate of drug-likeness (QED) is 0.807. The smallest absolute Gasteiger partial charge is 0.401 e. The van der Waals surface area contributed by atoms with Crippen molar-refractivity contribution in [3.05, 3.63) is 15.3 Å². The minimum absolute atomic E-state index is 0.104. The topological polar surface area (TPSA) is 74.2 Å². The lowest BCUT2D eigenvalue weighted by atomic mass is 10.3. The molecule has 0 aliphatic carbocycles. The third-order valence-corrected chi connectivity index (χ3v) is 2.24. The molecule has 0 spiro atoms. The second-order valence-electron chi connectivity index (χ2n) is 2.56. The highest BCUT2D eigenvalue weighted by molar-refractivity contribution is 14.1. The van der Waals surface area contributed by atoms with Gasteiger partial charge in [-0.1, -0.05) is 0 Å². The first-order valence-electron chi connectivity index (χ1n) is 3.74. The van der Waals surface area contributed by atoms with Crippen molar-refractivity contribution in [3.63, 3.8) is 0 Å². The van der Waals surface area contributed by atoms with E-state index in [2.05, 4.69) is 9.72 Å². The standard InChI is InChI=1S/C7H7F3IN3O/c8-7(9,10)15-5-4(11)1-3(2-12)14-6(5)13/h1H,2,12H2,(H2,13,14). The third kappa shape index (κ3) is 3.38. The van der Waals surface area contributed by atoms with Crippen molar-refractivity contribution in [1.29, 1.82) is 0 Å². The molecule has 0 bridgehead atoms. The summed E-state index contributed by atoms with van der Waals surface area (Å²) in [5.41, 5.74) is 11.0. The van der Waals surface area contributed by atoms with Crippen LogP contribution in [0.4, 0.5) is 19.0 Å². The van der Waals surface area contributed by atoms with E-state index in [9.17, 15) is 13.2 Å². The zero-order chi connectivity index (χ0) is 11.6. The van der Waals surface area contributed by atoms with Gasteiger partial charge in [-0.15, -0.1) is 13.2 Å². The molecule has 1 heterocycles. The van der Waals surface area contributed by atoms with E-state index in [0.29, 0.717) is 5.69 Å². The van der Waals surface area contributed by atoms with Crippen molar-refractivity contribution in [2.24, 2.45) is 5.73 Å². The van der Waals surface area contributed by atoms with Gasteiger partial charge in [-0.25, -0.2) is 4.98 Å². The molecule has 1 rings (SSSR count). The molecule has 0 radical (unpaired) electrons. The fourth-order valence-corrected chi connectivity index (χ4v) is 1.64. The molecule has 1 aromatic rings. The lowest BCUT2D eigenvalue weighted by Gasteiger charge is -2.12. The number of anilines is 1. The van der Waals surface area contributed by atoms with Crippen LogP contribution < -0.4 is 16.2 Å². The number of nitrogens with two attached hydrogens (primary N) is 2. The molecule has 0 aromatic carbocycles. The molecular formula is C7H7F3IN3O. The Morgan fingerprint density at radius 1 is 1.47 bits per heavy atom. The number of pyridine rings is 1. The lowest BCUT2D eigenvalue weighted by Crippen LogP contribution is -2.19. The maximum Gasteiger partial charge on any atom is 0.573 e. The summed E-state index contributed by atoms with van der Waals surface area (Å²) in [6.07, 6.45) is -4.78. The molecule has 0 saturated carbocycles. The SMILES string of the molecule is NCc1cc(I)c(OC(F)(F)F)c(N)n1. The van der Waals surface area contributed by atoms with E-state index in [1.165, 1.54) is 6.07 Å². The summed E-state index contributed by atoms with van der Waals surface area (Å²) < 4.78 is 39.8. The van der Waals surface area contributed by atoms with Crippen molar-refractivity contribution in [3.8, 4) is 5.75 Å².